The Hall–Kier alpha value is -4.30. The van der Waals surface area contributed by atoms with Crippen molar-refractivity contribution in [1.82, 2.24) is 9.97 Å². The zero-order valence-electron chi connectivity index (χ0n) is 19.5. The van der Waals surface area contributed by atoms with E-state index in [1.165, 1.54) is 16.2 Å². The fraction of sp³-hybridized carbons (Fsp3) is 0.143. The molecule has 0 fully saturated rings. The van der Waals surface area contributed by atoms with Gasteiger partial charge in [0.25, 0.3) is 5.91 Å². The predicted octanol–water partition coefficient (Wildman–Crippen LogP) is 6.34. The summed E-state index contributed by atoms with van der Waals surface area (Å²) >= 11 is 1.34. The standard InChI is InChI=1S/C28H21N3O4S/c1-15(2)16-10-11-18-22(14-16)36-28(30-18)31-24(19-8-5-6-12-29-19)23(26(33)27(31)34)25(32)21-13-17-7-3-4-9-20(17)35-21/h3-15,24,33H,1-2H3. The number of pyridine rings is 1. The number of Topliss-reactive ketones (excluding diaryl/α,β-unsaturated/α-hetero) is 1. The van der Waals surface area contributed by atoms with Crippen LogP contribution in [0, 0.1) is 0 Å². The number of carbonyl (C=O) groups excluding carboxylic acids is 2. The number of furan rings is 1. The van der Waals surface area contributed by atoms with Crippen molar-refractivity contribution in [3.63, 3.8) is 0 Å². The fourth-order valence-corrected chi connectivity index (χ4v) is 5.51. The summed E-state index contributed by atoms with van der Waals surface area (Å²) in [6.45, 7) is 4.23. The lowest BCUT2D eigenvalue weighted by Crippen LogP contribution is -2.31. The number of anilines is 1. The molecule has 1 aliphatic heterocycles. The number of aromatic nitrogens is 2. The van der Waals surface area contributed by atoms with Gasteiger partial charge < -0.3 is 9.52 Å². The number of nitrogens with zero attached hydrogens (tertiary/aromatic N) is 3. The summed E-state index contributed by atoms with van der Waals surface area (Å²) < 4.78 is 6.69. The quantitative estimate of drug-likeness (QED) is 0.286. The molecule has 1 amide bonds. The molecule has 3 aromatic heterocycles. The minimum absolute atomic E-state index is 0.0409. The van der Waals surface area contributed by atoms with Crippen LogP contribution >= 0.6 is 11.3 Å². The van der Waals surface area contributed by atoms with E-state index in [0.717, 1.165) is 21.2 Å². The third kappa shape index (κ3) is 3.49. The number of carbonyl (C=O) groups is 2. The predicted molar refractivity (Wildman–Crippen MR) is 138 cm³/mol. The van der Waals surface area contributed by atoms with Crippen molar-refractivity contribution < 1.29 is 19.1 Å². The van der Waals surface area contributed by atoms with Crippen molar-refractivity contribution in [2.45, 2.75) is 25.8 Å². The Balaban J connectivity index is 1.49. The molecule has 1 atom stereocenters. The van der Waals surface area contributed by atoms with Crippen LogP contribution in [0.5, 0.6) is 0 Å². The van der Waals surface area contributed by atoms with Crippen molar-refractivity contribution in [2.75, 3.05) is 4.90 Å². The van der Waals surface area contributed by atoms with E-state index in [0.29, 0.717) is 22.3 Å². The average molecular weight is 496 g/mol. The van der Waals surface area contributed by atoms with Crippen LogP contribution in [0.3, 0.4) is 0 Å². The summed E-state index contributed by atoms with van der Waals surface area (Å²) in [7, 11) is 0. The highest BCUT2D eigenvalue weighted by atomic mass is 32.1. The number of aliphatic hydroxyl groups excluding tert-OH is 1. The van der Waals surface area contributed by atoms with Crippen LogP contribution in [0.4, 0.5) is 5.13 Å². The van der Waals surface area contributed by atoms with Crippen molar-refractivity contribution >= 4 is 49.3 Å². The first-order valence-corrected chi connectivity index (χ1v) is 12.4. The van der Waals surface area contributed by atoms with E-state index in [2.05, 4.69) is 29.9 Å². The highest BCUT2D eigenvalue weighted by Crippen LogP contribution is 2.44. The van der Waals surface area contributed by atoms with Gasteiger partial charge in [0.1, 0.15) is 11.6 Å². The molecule has 4 heterocycles. The molecule has 1 unspecified atom stereocenters. The number of para-hydroxylation sites is 1. The molecule has 0 radical (unpaired) electrons. The number of benzene rings is 2. The zero-order chi connectivity index (χ0) is 25.0. The van der Waals surface area contributed by atoms with Crippen LogP contribution in [-0.2, 0) is 4.79 Å². The third-order valence-corrected chi connectivity index (χ3v) is 7.36. The van der Waals surface area contributed by atoms with Gasteiger partial charge in [0.15, 0.2) is 16.7 Å². The first-order chi connectivity index (χ1) is 17.4. The minimum Gasteiger partial charge on any atom is -0.503 e. The smallest absolute Gasteiger partial charge is 0.296 e. The Kier molecular flexibility index (Phi) is 5.19. The molecule has 0 spiro atoms. The summed E-state index contributed by atoms with van der Waals surface area (Å²) in [5, 5.41) is 12.1. The molecule has 36 heavy (non-hydrogen) atoms. The second-order valence-corrected chi connectivity index (χ2v) is 9.96. The summed E-state index contributed by atoms with van der Waals surface area (Å²) in [6, 6.07) is 19.2. The highest BCUT2D eigenvalue weighted by Gasteiger charge is 2.47. The van der Waals surface area contributed by atoms with Crippen LogP contribution in [0.15, 0.2) is 88.7 Å². The average Bonchev–Trinajstić information content (AvgIpc) is 3.57. The van der Waals surface area contributed by atoms with E-state index in [1.54, 1.807) is 36.5 Å². The molecule has 178 valence electrons. The minimum atomic E-state index is -0.954. The SMILES string of the molecule is CC(C)c1ccc2nc(N3C(=O)C(O)=C(C(=O)c4cc5ccccc5o4)C3c3ccccn3)sc2c1. The van der Waals surface area contributed by atoms with Gasteiger partial charge in [-0.25, -0.2) is 4.98 Å². The first kappa shape index (κ1) is 22.2. The van der Waals surface area contributed by atoms with Gasteiger partial charge in [0, 0.05) is 11.6 Å². The maximum absolute atomic E-state index is 13.7. The third-order valence-electron chi connectivity index (χ3n) is 6.34. The lowest BCUT2D eigenvalue weighted by molar-refractivity contribution is -0.117. The number of hydrogen-bond acceptors (Lipinski definition) is 7. The number of hydrogen-bond donors (Lipinski definition) is 1. The van der Waals surface area contributed by atoms with Crippen molar-refractivity contribution in [1.29, 1.82) is 0 Å². The monoisotopic (exact) mass is 495 g/mol. The molecule has 0 bridgehead atoms. The normalized spacial score (nSPS) is 16.1. The number of aliphatic hydroxyl groups is 1. The van der Waals surface area contributed by atoms with Gasteiger partial charge in [-0.1, -0.05) is 55.5 Å². The largest absolute Gasteiger partial charge is 0.503 e. The summed E-state index contributed by atoms with van der Waals surface area (Å²) in [6.07, 6.45) is 1.59. The van der Waals surface area contributed by atoms with Crippen LogP contribution in [0.2, 0.25) is 0 Å². The lowest BCUT2D eigenvalue weighted by atomic mass is 9.98. The van der Waals surface area contributed by atoms with Crippen molar-refractivity contribution in [3.05, 3.63) is 101 Å². The Morgan fingerprint density at radius 2 is 1.89 bits per heavy atom. The van der Waals surface area contributed by atoms with E-state index in [9.17, 15) is 14.7 Å². The van der Waals surface area contributed by atoms with E-state index in [-0.39, 0.29) is 11.3 Å². The van der Waals surface area contributed by atoms with Gasteiger partial charge in [0.2, 0.25) is 5.78 Å². The molecular formula is C28H21N3O4S. The molecule has 8 heteroatoms. The topological polar surface area (TPSA) is 96.5 Å². The zero-order valence-corrected chi connectivity index (χ0v) is 20.3. The Morgan fingerprint density at radius 3 is 2.64 bits per heavy atom. The van der Waals surface area contributed by atoms with Gasteiger partial charge in [-0.3, -0.25) is 19.5 Å². The maximum Gasteiger partial charge on any atom is 0.296 e. The van der Waals surface area contributed by atoms with Gasteiger partial charge in [0.05, 0.1) is 21.5 Å². The van der Waals surface area contributed by atoms with Gasteiger partial charge in [-0.15, -0.1) is 0 Å². The molecule has 5 aromatic rings. The van der Waals surface area contributed by atoms with Crippen LogP contribution in [0.1, 0.15) is 47.6 Å². The molecule has 0 aliphatic carbocycles. The number of amides is 1. The van der Waals surface area contributed by atoms with Crippen molar-refractivity contribution in [2.24, 2.45) is 0 Å². The Bertz CT molecular complexity index is 1650. The Labute approximate surface area is 210 Å². The number of fused-ring (bicyclic) bond motifs is 2. The second-order valence-electron chi connectivity index (χ2n) is 8.95. The number of thiazole rings is 1. The van der Waals surface area contributed by atoms with E-state index < -0.39 is 23.5 Å². The van der Waals surface area contributed by atoms with Gasteiger partial charge in [-0.2, -0.15) is 0 Å². The first-order valence-electron chi connectivity index (χ1n) is 11.5. The van der Waals surface area contributed by atoms with E-state index >= 15 is 0 Å². The fourth-order valence-electron chi connectivity index (χ4n) is 4.47. The highest BCUT2D eigenvalue weighted by molar-refractivity contribution is 7.22. The maximum atomic E-state index is 13.7. The number of ketones is 1. The lowest BCUT2D eigenvalue weighted by Gasteiger charge is -2.23. The number of rotatable bonds is 5. The van der Waals surface area contributed by atoms with Gasteiger partial charge >= 0.3 is 0 Å². The van der Waals surface area contributed by atoms with E-state index in [4.69, 9.17) is 4.42 Å². The van der Waals surface area contributed by atoms with Crippen molar-refractivity contribution in [3.8, 4) is 0 Å². The molecule has 2 aromatic carbocycles. The molecule has 1 aliphatic rings. The molecular weight excluding hydrogens is 474 g/mol. The summed E-state index contributed by atoms with van der Waals surface area (Å²) in [5.41, 5.74) is 2.80. The molecule has 0 saturated carbocycles. The Morgan fingerprint density at radius 1 is 1.08 bits per heavy atom. The second kappa shape index (κ2) is 8.42. The van der Waals surface area contributed by atoms with E-state index in [1.807, 2.05) is 30.3 Å². The van der Waals surface area contributed by atoms with Crippen LogP contribution < -0.4 is 4.90 Å². The van der Waals surface area contributed by atoms with Gasteiger partial charge in [-0.05, 0) is 47.9 Å². The van der Waals surface area contributed by atoms with Crippen LogP contribution in [-0.4, -0.2) is 26.8 Å². The molecule has 6 rings (SSSR count). The van der Waals surface area contributed by atoms with Crippen LogP contribution in [0.25, 0.3) is 21.2 Å². The summed E-state index contributed by atoms with van der Waals surface area (Å²) in [5.74, 6) is -1.52. The molecule has 7 nitrogen and oxygen atoms in total. The molecule has 0 saturated heterocycles. The summed E-state index contributed by atoms with van der Waals surface area (Å²) in [4.78, 5) is 37.6. The molecule has 1 N–H and O–H groups in total.